The van der Waals surface area contributed by atoms with Crippen LogP contribution in [0, 0.1) is 0 Å². The maximum absolute atomic E-state index is 12.2. The first-order chi connectivity index (χ1) is 33.7. The largest absolute Gasteiger partial charge is 0.508 e. The van der Waals surface area contributed by atoms with Crippen molar-refractivity contribution in [2.75, 3.05) is 86.0 Å². The second-order valence-electron chi connectivity index (χ2n) is 17.1. The molecule has 0 unspecified atom stereocenters. The van der Waals surface area contributed by atoms with E-state index in [1.54, 1.807) is 41.4 Å². The van der Waals surface area contributed by atoms with Gasteiger partial charge < -0.3 is 46.5 Å². The monoisotopic (exact) mass is 1010 g/mol. The zero-order valence-electron chi connectivity index (χ0n) is 42.4. The van der Waals surface area contributed by atoms with E-state index in [0.717, 1.165) is 111 Å². The number of phenols is 1. The third-order valence-electron chi connectivity index (χ3n) is 9.78. The Bertz CT molecular complexity index is 2300. The molecule has 6 aromatic rings. The summed E-state index contributed by atoms with van der Waals surface area (Å²) in [7, 11) is 12.2. The van der Waals surface area contributed by atoms with Gasteiger partial charge in [-0.3, -0.25) is 8.78 Å². The second-order valence-corrected chi connectivity index (χ2v) is 20.4. The Hall–Kier alpha value is -5.09. The first kappa shape index (κ1) is 59.2. The predicted octanol–water partition coefficient (Wildman–Crippen LogP) is 13.8. The van der Waals surface area contributed by atoms with Gasteiger partial charge in [0.25, 0.3) is 0 Å². The molecular formula is C56H76F2N6O3S3. The standard InChI is InChI=1S/C19H26N2OS.C18H23FN2OS.C15H18N2OS.C4H9F/c1-4-5-12-22-16-10-11-18(15(13-16)14-21(2)3)23-19-9-7-6-8-17(19)20;1-21(2)13-14-12-15(22-11-5-10-19)8-9-17(14)23-18-7-4-3-6-16(18)20;1-17(2)10-11-9-12(18)7-8-14(11)19-15-6-4-3-5-13(15)16;1-2-3-4-5/h6-11,13H,4-5,12,14,20H2,1-3H3;3-4,6-9,12H,5,10-11,13,20H2,1-2H3;3-9,18H,10,16H2,1-2H3;2-4H2,1H3. The lowest BCUT2D eigenvalue weighted by atomic mass is 10.2. The molecule has 0 bridgehead atoms. The zero-order valence-corrected chi connectivity index (χ0v) is 44.9. The number of nitrogens with two attached hydrogens (primary N) is 3. The summed E-state index contributed by atoms with van der Waals surface area (Å²) in [5, 5.41) is 9.62. The Morgan fingerprint density at radius 2 is 0.786 bits per heavy atom. The van der Waals surface area contributed by atoms with E-state index in [9.17, 15) is 13.9 Å². The van der Waals surface area contributed by atoms with Crippen LogP contribution in [-0.4, -0.2) is 88.7 Å². The van der Waals surface area contributed by atoms with Gasteiger partial charge in [-0.25, -0.2) is 0 Å². The second kappa shape index (κ2) is 33.5. The highest BCUT2D eigenvalue weighted by atomic mass is 32.2. The van der Waals surface area contributed by atoms with Crippen molar-refractivity contribution in [3.05, 3.63) is 144 Å². The lowest BCUT2D eigenvalue weighted by Gasteiger charge is -2.16. The number of phenolic OH excluding ortho intramolecular Hbond substituents is 1. The highest BCUT2D eigenvalue weighted by molar-refractivity contribution is 8.00. The Morgan fingerprint density at radius 3 is 1.11 bits per heavy atom. The molecule has 0 saturated heterocycles. The number of para-hydroxylation sites is 3. The van der Waals surface area contributed by atoms with Gasteiger partial charge in [0.1, 0.15) is 17.2 Å². The summed E-state index contributed by atoms with van der Waals surface area (Å²) in [6.07, 6.45) is 4.34. The molecule has 6 aromatic carbocycles. The highest BCUT2D eigenvalue weighted by Gasteiger charge is 2.12. The third-order valence-corrected chi connectivity index (χ3v) is 13.4. The Morgan fingerprint density at radius 1 is 0.443 bits per heavy atom. The summed E-state index contributed by atoms with van der Waals surface area (Å²) < 4.78 is 34.6. The number of rotatable bonds is 22. The summed E-state index contributed by atoms with van der Waals surface area (Å²) in [6.45, 7) is 7.26. The molecule has 0 aliphatic carbocycles. The van der Waals surface area contributed by atoms with Gasteiger partial charge >= 0.3 is 0 Å². The number of hydrogen-bond acceptors (Lipinski definition) is 12. The molecule has 0 radical (unpaired) electrons. The Balaban J connectivity index is 0.000000265. The summed E-state index contributed by atoms with van der Waals surface area (Å²) >= 11 is 4.99. The number of nitrogens with zero attached hydrogens (tertiary/aromatic N) is 3. The van der Waals surface area contributed by atoms with Crippen molar-refractivity contribution in [2.24, 2.45) is 0 Å². The number of anilines is 3. The molecule has 0 saturated carbocycles. The maximum Gasteiger partial charge on any atom is 0.119 e. The number of alkyl halides is 2. The van der Waals surface area contributed by atoms with Crippen molar-refractivity contribution < 1.29 is 23.4 Å². The summed E-state index contributed by atoms with van der Waals surface area (Å²) in [5.74, 6) is 2.02. The molecule has 70 heavy (non-hydrogen) atoms. The van der Waals surface area contributed by atoms with Crippen molar-refractivity contribution >= 4 is 52.3 Å². The Kier molecular flexibility index (Phi) is 28.3. The molecule has 0 amide bonds. The topological polar surface area (TPSA) is 126 Å². The van der Waals surface area contributed by atoms with Gasteiger partial charge in [-0.1, -0.05) is 98.4 Å². The molecule has 0 aliphatic heterocycles. The molecule has 0 aromatic heterocycles. The lowest BCUT2D eigenvalue weighted by molar-refractivity contribution is 0.288. The minimum atomic E-state index is -0.355. The van der Waals surface area contributed by atoms with E-state index < -0.39 is 0 Å². The fraction of sp³-hybridized carbons (Fsp3) is 0.357. The molecule has 0 spiro atoms. The third kappa shape index (κ3) is 22.8. The van der Waals surface area contributed by atoms with Crippen LogP contribution in [0.15, 0.2) is 157 Å². The molecule has 9 nitrogen and oxygen atoms in total. The van der Waals surface area contributed by atoms with Crippen molar-refractivity contribution in [2.45, 2.75) is 95.0 Å². The molecule has 0 heterocycles. The SMILES string of the molecule is CCCCF.CCCCOc1ccc(Sc2ccccc2N)c(CN(C)C)c1.CN(C)Cc1cc(O)ccc1Sc1ccccc1N.CN(C)Cc1cc(OCCCF)ccc1Sc1ccccc1N. The molecule has 6 rings (SSSR count). The van der Waals surface area contributed by atoms with E-state index in [0.29, 0.717) is 18.8 Å². The van der Waals surface area contributed by atoms with Crippen LogP contribution < -0.4 is 26.7 Å². The summed E-state index contributed by atoms with van der Waals surface area (Å²) in [4.78, 5) is 13.0. The zero-order chi connectivity index (χ0) is 51.3. The van der Waals surface area contributed by atoms with Gasteiger partial charge in [0.2, 0.25) is 0 Å². The number of halogens is 2. The van der Waals surface area contributed by atoms with E-state index >= 15 is 0 Å². The lowest BCUT2D eigenvalue weighted by Crippen LogP contribution is -2.11. The Labute approximate surface area is 430 Å². The van der Waals surface area contributed by atoms with Crippen LogP contribution >= 0.6 is 35.3 Å². The molecule has 7 N–H and O–H groups in total. The van der Waals surface area contributed by atoms with Crippen molar-refractivity contribution in [3.63, 3.8) is 0 Å². The number of nitrogen functional groups attached to an aromatic ring is 3. The molecule has 0 atom stereocenters. The molecule has 0 fully saturated rings. The van der Waals surface area contributed by atoms with Crippen LogP contribution in [-0.2, 0) is 19.6 Å². The highest BCUT2D eigenvalue weighted by Crippen LogP contribution is 2.38. The number of aromatic hydroxyl groups is 1. The molecular weight excluding hydrogens is 939 g/mol. The first-order valence-electron chi connectivity index (χ1n) is 23.6. The summed E-state index contributed by atoms with van der Waals surface area (Å²) in [5.41, 5.74) is 24.0. The van der Waals surface area contributed by atoms with Crippen molar-refractivity contribution in [3.8, 4) is 17.2 Å². The van der Waals surface area contributed by atoms with Gasteiger partial charge in [-0.15, -0.1) is 0 Å². The minimum Gasteiger partial charge on any atom is -0.508 e. The van der Waals surface area contributed by atoms with Crippen LogP contribution in [0.25, 0.3) is 0 Å². The quantitative estimate of drug-likeness (QED) is 0.0382. The van der Waals surface area contributed by atoms with E-state index in [4.69, 9.17) is 26.7 Å². The predicted molar refractivity (Wildman–Crippen MR) is 295 cm³/mol. The minimum absolute atomic E-state index is 0.156. The van der Waals surface area contributed by atoms with E-state index in [2.05, 4.69) is 60.0 Å². The maximum atomic E-state index is 12.2. The van der Waals surface area contributed by atoms with Crippen LogP contribution in [0.3, 0.4) is 0 Å². The van der Waals surface area contributed by atoms with Crippen LogP contribution in [0.1, 0.15) is 62.6 Å². The fourth-order valence-electron chi connectivity index (χ4n) is 6.34. The van der Waals surface area contributed by atoms with E-state index in [-0.39, 0.29) is 13.3 Å². The van der Waals surface area contributed by atoms with Gasteiger partial charge in [0.05, 0.1) is 26.6 Å². The molecule has 380 valence electrons. The van der Waals surface area contributed by atoms with Gasteiger partial charge in [0.15, 0.2) is 0 Å². The van der Waals surface area contributed by atoms with Gasteiger partial charge in [-0.2, -0.15) is 0 Å². The van der Waals surface area contributed by atoms with E-state index in [1.807, 2.05) is 132 Å². The van der Waals surface area contributed by atoms with E-state index in [1.165, 1.54) is 16.0 Å². The number of benzene rings is 6. The number of ether oxygens (including phenoxy) is 2. The van der Waals surface area contributed by atoms with Gasteiger partial charge in [0, 0.05) is 72.5 Å². The average Bonchev–Trinajstić information content (AvgIpc) is 3.31. The van der Waals surface area contributed by atoms with Crippen LogP contribution in [0.5, 0.6) is 17.2 Å². The smallest absolute Gasteiger partial charge is 0.119 e. The number of hydrogen-bond donors (Lipinski definition) is 4. The normalized spacial score (nSPS) is 10.8. The van der Waals surface area contributed by atoms with Crippen molar-refractivity contribution in [1.29, 1.82) is 0 Å². The fourth-order valence-corrected chi connectivity index (χ4v) is 9.22. The number of unbranched alkanes of at least 4 members (excludes halogenated alkanes) is 2. The molecule has 14 heteroatoms. The summed E-state index contributed by atoms with van der Waals surface area (Å²) in [6, 6.07) is 41.4. The first-order valence-corrected chi connectivity index (χ1v) is 26.1. The molecule has 0 aliphatic rings. The van der Waals surface area contributed by atoms with Crippen LogP contribution in [0.4, 0.5) is 25.8 Å². The average molecular weight is 1020 g/mol. The van der Waals surface area contributed by atoms with Crippen molar-refractivity contribution in [1.82, 2.24) is 14.7 Å². The van der Waals surface area contributed by atoms with Gasteiger partial charge in [-0.05, 0) is 163 Å². The van der Waals surface area contributed by atoms with Crippen LogP contribution in [0.2, 0.25) is 0 Å².